The summed E-state index contributed by atoms with van der Waals surface area (Å²) in [5.41, 5.74) is 0. The molecule has 0 spiro atoms. The molecule has 2 rings (SSSR count). The first-order valence-corrected chi connectivity index (χ1v) is 10.8. The van der Waals surface area contributed by atoms with Gasteiger partial charge in [-0.15, -0.1) is 0 Å². The van der Waals surface area contributed by atoms with E-state index in [1.165, 1.54) is 0 Å². The van der Waals surface area contributed by atoms with Gasteiger partial charge in [0.25, 0.3) is 0 Å². The zero-order valence-electron chi connectivity index (χ0n) is 18.3. The Kier molecular flexibility index (Phi) is 9.52. The summed E-state index contributed by atoms with van der Waals surface area (Å²) in [6.45, 7) is 8.90. The van der Waals surface area contributed by atoms with Crippen molar-refractivity contribution in [2.75, 3.05) is 26.3 Å². The number of amides is 2. The second-order valence-corrected chi connectivity index (χ2v) is 6.94. The summed E-state index contributed by atoms with van der Waals surface area (Å²) in [6.07, 6.45) is 0.244. The predicted molar refractivity (Wildman–Crippen MR) is 120 cm³/mol. The van der Waals surface area contributed by atoms with Crippen molar-refractivity contribution in [3.05, 3.63) is 23.2 Å². The van der Waals surface area contributed by atoms with Crippen molar-refractivity contribution in [1.29, 1.82) is 0 Å². The second kappa shape index (κ2) is 12.1. The van der Waals surface area contributed by atoms with Crippen LogP contribution in [0.25, 0.3) is 10.8 Å². The van der Waals surface area contributed by atoms with Crippen molar-refractivity contribution in [3.63, 3.8) is 0 Å². The van der Waals surface area contributed by atoms with Gasteiger partial charge in [0.15, 0.2) is 11.5 Å². The fourth-order valence-corrected chi connectivity index (χ4v) is 2.99. The molecule has 0 aliphatic rings. The van der Waals surface area contributed by atoms with Gasteiger partial charge >= 0.3 is 12.2 Å². The number of carbonyl (C=O) groups excluding carboxylic acids is 2. The molecule has 9 heteroatoms. The van der Waals surface area contributed by atoms with Crippen LogP contribution in [-0.4, -0.2) is 38.5 Å². The van der Waals surface area contributed by atoms with E-state index in [4.69, 9.17) is 30.5 Å². The van der Waals surface area contributed by atoms with Gasteiger partial charge in [-0.05, 0) is 44.9 Å². The molecule has 0 heterocycles. The molecule has 0 aliphatic carbocycles. The lowest BCUT2D eigenvalue weighted by molar-refractivity contribution is 0.192. The van der Waals surface area contributed by atoms with Crippen LogP contribution in [0.2, 0.25) is 5.02 Å². The van der Waals surface area contributed by atoms with Crippen molar-refractivity contribution in [2.45, 2.75) is 40.5 Å². The second-order valence-electron chi connectivity index (χ2n) is 6.51. The lowest BCUT2D eigenvalue weighted by Crippen LogP contribution is -2.28. The number of carbonyl (C=O) groups is 2. The van der Waals surface area contributed by atoms with Crippen molar-refractivity contribution < 1.29 is 28.5 Å². The maximum atomic E-state index is 12.3. The molecule has 2 N–H and O–H groups in total. The number of ether oxygens (including phenoxy) is 4. The lowest BCUT2D eigenvalue weighted by atomic mass is 10.1. The van der Waals surface area contributed by atoms with Crippen LogP contribution in [0, 0.1) is 0 Å². The summed E-state index contributed by atoms with van der Waals surface area (Å²) in [7, 11) is 0. The molecule has 0 fully saturated rings. The summed E-state index contributed by atoms with van der Waals surface area (Å²) in [6, 6.07) is 4.95. The molecule has 0 aromatic heterocycles. The van der Waals surface area contributed by atoms with Crippen LogP contribution in [0.3, 0.4) is 0 Å². The van der Waals surface area contributed by atoms with E-state index < -0.39 is 12.2 Å². The maximum Gasteiger partial charge on any atom is 0.412 e. The number of benzene rings is 2. The van der Waals surface area contributed by atoms with E-state index in [9.17, 15) is 9.59 Å². The summed E-state index contributed by atoms with van der Waals surface area (Å²) < 4.78 is 22.8. The highest BCUT2D eigenvalue weighted by atomic mass is 35.5. The number of fused-ring (bicyclic) bond motifs is 1. The Balaban J connectivity index is 2.71. The van der Waals surface area contributed by atoms with Crippen LogP contribution < -0.4 is 29.6 Å². The van der Waals surface area contributed by atoms with Gasteiger partial charge in [-0.1, -0.05) is 25.4 Å². The Hall–Kier alpha value is -2.87. The smallest absolute Gasteiger partial charge is 0.412 e. The average Bonchev–Trinajstić information content (AvgIpc) is 2.75. The maximum absolute atomic E-state index is 12.3. The molecule has 0 bridgehead atoms. The molecule has 170 valence electrons. The van der Waals surface area contributed by atoms with E-state index in [1.807, 2.05) is 13.8 Å². The number of rotatable bonds is 10. The highest BCUT2D eigenvalue weighted by molar-refractivity contribution is 6.31. The zero-order valence-corrected chi connectivity index (χ0v) is 19.1. The van der Waals surface area contributed by atoms with Crippen LogP contribution in [-0.2, 0) is 0 Å². The SMILES string of the molecule is CCCNC(=O)Oc1c(OCC)c(OCC)c(OC(=O)NCCC)c2cc(Cl)ccc12. The van der Waals surface area contributed by atoms with Crippen molar-refractivity contribution in [3.8, 4) is 23.0 Å². The molecule has 2 aromatic carbocycles. The molecule has 31 heavy (non-hydrogen) atoms. The average molecular weight is 453 g/mol. The molecule has 0 saturated heterocycles. The van der Waals surface area contributed by atoms with Gasteiger partial charge in [0, 0.05) is 28.9 Å². The minimum absolute atomic E-state index is 0.137. The van der Waals surface area contributed by atoms with Gasteiger partial charge in [0.1, 0.15) is 0 Å². The number of halogens is 1. The van der Waals surface area contributed by atoms with Crippen LogP contribution in [0.5, 0.6) is 23.0 Å². The molecule has 0 unspecified atom stereocenters. The van der Waals surface area contributed by atoms with Crippen LogP contribution in [0.1, 0.15) is 40.5 Å². The Bertz CT molecular complexity index is 919. The van der Waals surface area contributed by atoms with Gasteiger partial charge in [-0.2, -0.15) is 0 Å². The molecule has 0 saturated carbocycles. The summed E-state index contributed by atoms with van der Waals surface area (Å²) in [5, 5.41) is 6.69. The first kappa shape index (κ1) is 24.4. The quantitative estimate of drug-likeness (QED) is 0.508. The molecule has 0 radical (unpaired) electrons. The van der Waals surface area contributed by atoms with E-state index in [1.54, 1.807) is 32.0 Å². The van der Waals surface area contributed by atoms with Crippen LogP contribution in [0.15, 0.2) is 18.2 Å². The normalized spacial score (nSPS) is 10.5. The Morgan fingerprint density at radius 3 is 1.71 bits per heavy atom. The minimum Gasteiger partial charge on any atom is -0.487 e. The Morgan fingerprint density at radius 2 is 1.26 bits per heavy atom. The van der Waals surface area contributed by atoms with E-state index in [-0.39, 0.29) is 36.2 Å². The first-order chi connectivity index (χ1) is 15.0. The highest BCUT2D eigenvalue weighted by Crippen LogP contribution is 2.52. The first-order valence-electron chi connectivity index (χ1n) is 10.4. The number of nitrogens with one attached hydrogen (secondary N) is 2. The summed E-state index contributed by atoms with van der Waals surface area (Å²) in [5.74, 6) is 0.623. The van der Waals surface area contributed by atoms with Crippen LogP contribution >= 0.6 is 11.6 Å². The standard InChI is InChI=1S/C22H29ClN2O6/c1-5-11-24-21(26)30-17-15-10-9-14(23)13-16(15)18(31-22(27)25-12-6-2)20(29-8-4)19(17)28-7-3/h9-10,13H,5-8,11-12H2,1-4H3,(H,24,26)(H,25,27). The number of hydrogen-bond donors (Lipinski definition) is 2. The minimum atomic E-state index is -0.638. The largest absolute Gasteiger partial charge is 0.487 e. The third kappa shape index (κ3) is 6.30. The predicted octanol–water partition coefficient (Wildman–Crippen LogP) is 5.29. The third-order valence-corrected chi connectivity index (χ3v) is 4.33. The van der Waals surface area contributed by atoms with Gasteiger partial charge in [-0.3, -0.25) is 0 Å². The van der Waals surface area contributed by atoms with Crippen molar-refractivity contribution >= 4 is 34.6 Å². The summed E-state index contributed by atoms with van der Waals surface area (Å²) in [4.78, 5) is 24.7. The molecule has 2 amide bonds. The Morgan fingerprint density at radius 1 is 0.774 bits per heavy atom. The fourth-order valence-electron chi connectivity index (χ4n) is 2.82. The highest BCUT2D eigenvalue weighted by Gasteiger charge is 2.27. The van der Waals surface area contributed by atoms with Crippen molar-refractivity contribution in [2.24, 2.45) is 0 Å². The van der Waals surface area contributed by atoms with E-state index in [0.29, 0.717) is 28.9 Å². The number of hydrogen-bond acceptors (Lipinski definition) is 6. The lowest BCUT2D eigenvalue weighted by Gasteiger charge is -2.21. The molecule has 2 aromatic rings. The Labute approximate surface area is 187 Å². The van der Waals surface area contributed by atoms with Crippen molar-refractivity contribution in [1.82, 2.24) is 10.6 Å². The third-order valence-electron chi connectivity index (χ3n) is 4.10. The van der Waals surface area contributed by atoms with Gasteiger partial charge < -0.3 is 29.6 Å². The van der Waals surface area contributed by atoms with Crippen LogP contribution in [0.4, 0.5) is 9.59 Å². The molecular weight excluding hydrogens is 424 g/mol. The van der Waals surface area contributed by atoms with Gasteiger partial charge in [-0.25, -0.2) is 9.59 Å². The van der Waals surface area contributed by atoms with E-state index >= 15 is 0 Å². The molecular formula is C22H29ClN2O6. The van der Waals surface area contributed by atoms with E-state index in [0.717, 1.165) is 12.8 Å². The molecule has 0 aliphatic heterocycles. The van der Waals surface area contributed by atoms with Gasteiger partial charge in [0.05, 0.1) is 13.2 Å². The van der Waals surface area contributed by atoms with Gasteiger partial charge in [0.2, 0.25) is 11.5 Å². The zero-order chi connectivity index (χ0) is 22.8. The molecule has 8 nitrogen and oxygen atoms in total. The monoisotopic (exact) mass is 452 g/mol. The fraction of sp³-hybridized carbons (Fsp3) is 0.455. The summed E-state index contributed by atoms with van der Waals surface area (Å²) >= 11 is 6.22. The topological polar surface area (TPSA) is 95.1 Å². The van der Waals surface area contributed by atoms with E-state index in [2.05, 4.69) is 10.6 Å². The molecule has 0 atom stereocenters.